The molecule has 0 atom stereocenters. The maximum absolute atomic E-state index is 12.2. The van der Waals surface area contributed by atoms with E-state index in [2.05, 4.69) is 0 Å². The first kappa shape index (κ1) is 19.1. The van der Waals surface area contributed by atoms with Crippen molar-refractivity contribution in [2.75, 3.05) is 27.9 Å². The Morgan fingerprint density at radius 2 is 1.81 bits per heavy atom. The first-order valence-corrected chi connectivity index (χ1v) is 7.86. The van der Waals surface area contributed by atoms with E-state index in [-0.39, 0.29) is 17.2 Å². The van der Waals surface area contributed by atoms with Crippen LogP contribution in [0.3, 0.4) is 0 Å². The van der Waals surface area contributed by atoms with Gasteiger partial charge in [-0.15, -0.1) is 0 Å². The van der Waals surface area contributed by atoms with E-state index in [1.54, 1.807) is 20.2 Å². The summed E-state index contributed by atoms with van der Waals surface area (Å²) in [6.07, 6.45) is 0. The second-order valence-corrected chi connectivity index (χ2v) is 5.52. The van der Waals surface area contributed by atoms with Gasteiger partial charge in [0.25, 0.3) is 5.91 Å². The highest BCUT2D eigenvalue weighted by molar-refractivity contribution is 5.94. The van der Waals surface area contributed by atoms with Gasteiger partial charge in [0.1, 0.15) is 22.8 Å². The normalized spacial score (nSPS) is 10.1. The average molecular weight is 359 g/mol. The highest BCUT2D eigenvalue weighted by Gasteiger charge is 2.18. The van der Waals surface area contributed by atoms with Crippen LogP contribution in [0.1, 0.15) is 15.9 Å². The van der Waals surface area contributed by atoms with Gasteiger partial charge in [-0.3, -0.25) is 4.79 Å². The van der Waals surface area contributed by atoms with Gasteiger partial charge in [-0.25, -0.2) is 4.79 Å². The number of esters is 1. The number of nitrogens with zero attached hydrogens (tertiary/aromatic N) is 1. The average Bonchev–Trinajstić information content (AvgIpc) is 2.66. The number of carbonyl (C=O) groups is 2. The summed E-state index contributed by atoms with van der Waals surface area (Å²) in [7, 11) is 4.60. The summed E-state index contributed by atoms with van der Waals surface area (Å²) in [6.45, 7) is -0.133. The Labute approximate surface area is 151 Å². The summed E-state index contributed by atoms with van der Waals surface area (Å²) >= 11 is 0. The number of aromatic hydroxyl groups is 1. The van der Waals surface area contributed by atoms with E-state index in [0.29, 0.717) is 18.0 Å². The molecule has 7 nitrogen and oxygen atoms in total. The van der Waals surface area contributed by atoms with E-state index in [1.165, 1.54) is 30.2 Å². The van der Waals surface area contributed by atoms with Gasteiger partial charge < -0.3 is 24.2 Å². The summed E-state index contributed by atoms with van der Waals surface area (Å²) < 4.78 is 15.3. The van der Waals surface area contributed by atoms with Crippen molar-refractivity contribution in [1.29, 1.82) is 0 Å². The molecule has 0 spiro atoms. The molecule has 0 aliphatic rings. The van der Waals surface area contributed by atoms with Crippen LogP contribution < -0.4 is 9.47 Å². The Balaban J connectivity index is 1.96. The predicted molar refractivity (Wildman–Crippen MR) is 94.4 cm³/mol. The number of hydrogen-bond acceptors (Lipinski definition) is 6. The largest absolute Gasteiger partial charge is 0.507 e. The number of ether oxygens (including phenoxy) is 3. The topological polar surface area (TPSA) is 85.3 Å². The van der Waals surface area contributed by atoms with Gasteiger partial charge in [0.05, 0.1) is 14.2 Å². The van der Waals surface area contributed by atoms with Crippen LogP contribution in [0.4, 0.5) is 0 Å². The monoisotopic (exact) mass is 359 g/mol. The second-order valence-electron chi connectivity index (χ2n) is 5.52. The molecular formula is C19H21NO6. The SMILES string of the molecule is COc1ccc(O)c(C(=O)OCC(=O)N(C)Cc2ccccc2OC)c1. The van der Waals surface area contributed by atoms with Gasteiger partial charge in [0.2, 0.25) is 0 Å². The second kappa shape index (κ2) is 8.75. The van der Waals surface area contributed by atoms with Crippen LogP contribution in [-0.4, -0.2) is 49.8 Å². The van der Waals surface area contributed by atoms with Crippen LogP contribution >= 0.6 is 0 Å². The third-order valence-corrected chi connectivity index (χ3v) is 3.78. The Morgan fingerprint density at radius 3 is 2.50 bits per heavy atom. The molecule has 2 aromatic rings. The van der Waals surface area contributed by atoms with Gasteiger partial charge in [-0.2, -0.15) is 0 Å². The van der Waals surface area contributed by atoms with Crippen LogP contribution in [0.2, 0.25) is 0 Å². The fourth-order valence-electron chi connectivity index (χ4n) is 2.30. The van der Waals surface area contributed by atoms with Gasteiger partial charge in [0.15, 0.2) is 6.61 Å². The molecule has 26 heavy (non-hydrogen) atoms. The quantitative estimate of drug-likeness (QED) is 0.763. The van der Waals surface area contributed by atoms with Crippen molar-refractivity contribution in [2.45, 2.75) is 6.54 Å². The lowest BCUT2D eigenvalue weighted by Gasteiger charge is -2.18. The standard InChI is InChI=1S/C19H21NO6/c1-20(11-13-6-4-5-7-17(13)25-3)18(22)12-26-19(23)15-10-14(24-2)8-9-16(15)21/h4-10,21H,11-12H2,1-3H3. The summed E-state index contributed by atoms with van der Waals surface area (Å²) in [5, 5.41) is 9.76. The molecule has 7 heteroatoms. The molecule has 1 amide bonds. The van der Waals surface area contributed by atoms with Crippen LogP contribution in [0, 0.1) is 0 Å². The molecule has 0 heterocycles. The third kappa shape index (κ3) is 4.66. The molecule has 0 aliphatic carbocycles. The van der Waals surface area contributed by atoms with Crippen LogP contribution in [-0.2, 0) is 16.1 Å². The van der Waals surface area contributed by atoms with Crippen LogP contribution in [0.15, 0.2) is 42.5 Å². The lowest BCUT2D eigenvalue weighted by atomic mass is 10.2. The highest BCUT2D eigenvalue weighted by atomic mass is 16.5. The number of carbonyl (C=O) groups excluding carboxylic acids is 2. The van der Waals surface area contributed by atoms with E-state index < -0.39 is 12.6 Å². The molecule has 0 unspecified atom stereocenters. The number of para-hydroxylation sites is 1. The molecule has 0 fully saturated rings. The third-order valence-electron chi connectivity index (χ3n) is 3.78. The number of methoxy groups -OCH3 is 2. The minimum atomic E-state index is -0.805. The number of amides is 1. The van der Waals surface area contributed by atoms with E-state index in [0.717, 1.165) is 5.56 Å². The maximum atomic E-state index is 12.2. The molecule has 0 bridgehead atoms. The molecule has 0 radical (unpaired) electrons. The number of hydrogen-bond donors (Lipinski definition) is 1. The van der Waals surface area contributed by atoms with Crippen LogP contribution in [0.5, 0.6) is 17.2 Å². The van der Waals surface area contributed by atoms with Crippen molar-refractivity contribution < 1.29 is 28.9 Å². The van der Waals surface area contributed by atoms with Crippen molar-refractivity contribution in [3.8, 4) is 17.2 Å². The van der Waals surface area contributed by atoms with E-state index in [4.69, 9.17) is 14.2 Å². The summed E-state index contributed by atoms with van der Waals surface area (Å²) in [4.78, 5) is 25.7. The van der Waals surface area contributed by atoms with Crippen molar-refractivity contribution in [1.82, 2.24) is 4.90 Å². The van der Waals surface area contributed by atoms with E-state index in [9.17, 15) is 14.7 Å². The Bertz CT molecular complexity index is 789. The fraction of sp³-hybridized carbons (Fsp3) is 0.263. The molecule has 1 N–H and O–H groups in total. The Kier molecular flexibility index (Phi) is 6.43. The Morgan fingerprint density at radius 1 is 1.08 bits per heavy atom. The van der Waals surface area contributed by atoms with Crippen LogP contribution in [0.25, 0.3) is 0 Å². The molecule has 138 valence electrons. The number of likely N-dealkylation sites (N-methyl/N-ethyl adjacent to an activating group) is 1. The molecular weight excluding hydrogens is 338 g/mol. The Hall–Kier alpha value is -3.22. The summed E-state index contributed by atoms with van der Waals surface area (Å²) in [5.74, 6) is -0.363. The van der Waals surface area contributed by atoms with Crippen molar-refractivity contribution in [3.05, 3.63) is 53.6 Å². The minimum Gasteiger partial charge on any atom is -0.507 e. The zero-order valence-electron chi connectivity index (χ0n) is 14.9. The summed E-state index contributed by atoms with van der Waals surface area (Å²) in [6, 6.07) is 11.5. The predicted octanol–water partition coefficient (Wildman–Crippen LogP) is 2.22. The number of phenolic OH excluding ortho intramolecular Hbond substituents is 1. The van der Waals surface area contributed by atoms with E-state index in [1.807, 2.05) is 18.2 Å². The van der Waals surface area contributed by atoms with E-state index >= 15 is 0 Å². The molecule has 2 rings (SSSR count). The van der Waals surface area contributed by atoms with Gasteiger partial charge in [0, 0.05) is 19.2 Å². The molecule has 0 aromatic heterocycles. The first-order chi connectivity index (χ1) is 12.5. The van der Waals surface area contributed by atoms with Crippen molar-refractivity contribution in [3.63, 3.8) is 0 Å². The number of benzene rings is 2. The lowest BCUT2D eigenvalue weighted by Crippen LogP contribution is -2.31. The van der Waals surface area contributed by atoms with Crippen molar-refractivity contribution >= 4 is 11.9 Å². The highest BCUT2D eigenvalue weighted by Crippen LogP contribution is 2.23. The first-order valence-electron chi connectivity index (χ1n) is 7.86. The number of rotatable bonds is 7. The minimum absolute atomic E-state index is 0.0652. The lowest BCUT2D eigenvalue weighted by molar-refractivity contribution is -0.133. The molecule has 2 aromatic carbocycles. The fourth-order valence-corrected chi connectivity index (χ4v) is 2.30. The maximum Gasteiger partial charge on any atom is 0.342 e. The van der Waals surface area contributed by atoms with Gasteiger partial charge in [-0.05, 0) is 24.3 Å². The molecule has 0 saturated heterocycles. The van der Waals surface area contributed by atoms with Gasteiger partial charge in [-0.1, -0.05) is 18.2 Å². The summed E-state index contributed by atoms with van der Waals surface area (Å²) in [5.41, 5.74) is 0.771. The zero-order chi connectivity index (χ0) is 19.1. The van der Waals surface area contributed by atoms with Gasteiger partial charge >= 0.3 is 5.97 Å². The molecule has 0 aliphatic heterocycles. The smallest absolute Gasteiger partial charge is 0.342 e. The number of phenols is 1. The van der Waals surface area contributed by atoms with Crippen molar-refractivity contribution in [2.24, 2.45) is 0 Å². The molecule has 0 saturated carbocycles. The zero-order valence-corrected chi connectivity index (χ0v) is 14.9.